The van der Waals surface area contributed by atoms with Gasteiger partial charge in [-0.3, -0.25) is 0 Å². The first-order valence-corrected chi connectivity index (χ1v) is 9.54. The van der Waals surface area contributed by atoms with Crippen LogP contribution >= 0.6 is 12.4 Å². The second-order valence-electron chi connectivity index (χ2n) is 7.35. The van der Waals surface area contributed by atoms with Crippen LogP contribution in [0.25, 0.3) is 0 Å². The number of aryl methyl sites for hydroxylation is 2. The summed E-state index contributed by atoms with van der Waals surface area (Å²) in [6, 6.07) is 23.7. The van der Waals surface area contributed by atoms with Crippen molar-refractivity contribution in [1.29, 1.82) is 0 Å². The summed E-state index contributed by atoms with van der Waals surface area (Å²) in [4.78, 5) is 4.92. The molecule has 1 heterocycles. The molecule has 0 amide bonds. The summed E-state index contributed by atoms with van der Waals surface area (Å²) in [5.41, 5.74) is 5.88. The normalized spacial score (nSPS) is 17.8. The van der Waals surface area contributed by atoms with E-state index < -0.39 is 0 Å². The standard InChI is InChI=1S/C24H24FN3.ClH/c1-16-3-9-19(10-4-16)22-23(20-11-5-17(2)6-12-20)28-24(27-22)26-15-18-7-13-21(25)14-8-18;/h3-14,22-23H,15H2,1-2H3,(H2,26,27,28);1H. The molecule has 5 heteroatoms. The summed E-state index contributed by atoms with van der Waals surface area (Å²) in [5.74, 6) is 0.541. The van der Waals surface area contributed by atoms with E-state index in [4.69, 9.17) is 4.99 Å². The molecule has 0 aromatic heterocycles. The first-order valence-electron chi connectivity index (χ1n) is 9.54. The van der Waals surface area contributed by atoms with Gasteiger partial charge in [0.2, 0.25) is 0 Å². The molecule has 1 aliphatic heterocycles. The molecule has 2 atom stereocenters. The second-order valence-corrected chi connectivity index (χ2v) is 7.35. The molecule has 0 spiro atoms. The number of guanidine groups is 1. The van der Waals surface area contributed by atoms with Crippen molar-refractivity contribution in [3.63, 3.8) is 0 Å². The lowest BCUT2D eigenvalue weighted by atomic mass is 9.94. The van der Waals surface area contributed by atoms with Gasteiger partial charge < -0.3 is 10.6 Å². The Bertz CT molecular complexity index is 967. The van der Waals surface area contributed by atoms with Gasteiger partial charge in [0.15, 0.2) is 5.96 Å². The van der Waals surface area contributed by atoms with Crippen LogP contribution in [0.15, 0.2) is 77.8 Å². The minimum Gasteiger partial charge on any atom is -0.352 e. The minimum absolute atomic E-state index is 0. The Morgan fingerprint density at radius 3 is 1.97 bits per heavy atom. The molecule has 2 unspecified atom stereocenters. The Kier molecular flexibility index (Phi) is 6.55. The van der Waals surface area contributed by atoms with Crippen LogP contribution in [-0.2, 0) is 6.54 Å². The van der Waals surface area contributed by atoms with Crippen LogP contribution < -0.4 is 10.6 Å². The SMILES string of the molecule is Cc1ccc(C2N=C(NCc3ccc(F)cc3)NC2c2ccc(C)cc2)cc1.Cl. The van der Waals surface area contributed by atoms with Gasteiger partial charge >= 0.3 is 0 Å². The van der Waals surface area contributed by atoms with Crippen LogP contribution in [-0.4, -0.2) is 5.96 Å². The van der Waals surface area contributed by atoms with Crippen molar-refractivity contribution in [2.45, 2.75) is 32.5 Å². The molecule has 29 heavy (non-hydrogen) atoms. The summed E-state index contributed by atoms with van der Waals surface area (Å²) in [7, 11) is 0. The quantitative estimate of drug-likeness (QED) is 0.605. The van der Waals surface area contributed by atoms with Gasteiger partial charge in [-0.1, -0.05) is 71.8 Å². The molecule has 3 nitrogen and oxygen atoms in total. The molecule has 0 fully saturated rings. The first kappa shape index (κ1) is 20.9. The minimum atomic E-state index is -0.223. The number of hydrogen-bond donors (Lipinski definition) is 2. The number of hydrogen-bond acceptors (Lipinski definition) is 3. The van der Waals surface area contributed by atoms with Gasteiger partial charge in [0.25, 0.3) is 0 Å². The maximum Gasteiger partial charge on any atom is 0.192 e. The molecule has 0 bridgehead atoms. The lowest BCUT2D eigenvalue weighted by molar-refractivity contribution is 0.570. The summed E-state index contributed by atoms with van der Waals surface area (Å²) >= 11 is 0. The number of aliphatic imine (C=N–C) groups is 1. The fourth-order valence-electron chi connectivity index (χ4n) is 3.43. The van der Waals surface area contributed by atoms with Crippen molar-refractivity contribution in [2.75, 3.05) is 0 Å². The Morgan fingerprint density at radius 1 is 0.828 bits per heavy atom. The third-order valence-electron chi connectivity index (χ3n) is 5.10. The summed E-state index contributed by atoms with van der Waals surface area (Å²) < 4.78 is 13.1. The molecule has 3 aromatic carbocycles. The Labute approximate surface area is 177 Å². The highest BCUT2D eigenvalue weighted by Crippen LogP contribution is 2.36. The van der Waals surface area contributed by atoms with Crippen LogP contribution in [0.5, 0.6) is 0 Å². The van der Waals surface area contributed by atoms with Crippen LogP contribution in [0.2, 0.25) is 0 Å². The fraction of sp³-hybridized carbons (Fsp3) is 0.208. The van der Waals surface area contributed by atoms with E-state index in [2.05, 4.69) is 73.0 Å². The van der Waals surface area contributed by atoms with Gasteiger partial charge in [-0.2, -0.15) is 0 Å². The molecule has 3 aromatic rings. The number of rotatable bonds is 4. The van der Waals surface area contributed by atoms with Crippen molar-refractivity contribution >= 4 is 18.4 Å². The average molecular weight is 410 g/mol. The highest BCUT2D eigenvalue weighted by molar-refractivity contribution is 5.85. The predicted octanol–water partition coefficient (Wildman–Crippen LogP) is 5.40. The van der Waals surface area contributed by atoms with Crippen molar-refractivity contribution in [3.05, 3.63) is 106 Å². The molecule has 1 aliphatic rings. The monoisotopic (exact) mass is 409 g/mol. The zero-order valence-corrected chi connectivity index (χ0v) is 17.3. The highest BCUT2D eigenvalue weighted by atomic mass is 35.5. The number of halogens is 2. The van der Waals surface area contributed by atoms with E-state index in [-0.39, 0.29) is 30.3 Å². The molecule has 150 valence electrons. The molecular weight excluding hydrogens is 385 g/mol. The molecule has 0 saturated carbocycles. The highest BCUT2D eigenvalue weighted by Gasteiger charge is 2.31. The van der Waals surface area contributed by atoms with Gasteiger partial charge in [-0.15, -0.1) is 12.4 Å². The average Bonchev–Trinajstić information content (AvgIpc) is 3.13. The van der Waals surface area contributed by atoms with Gasteiger partial charge in [0.05, 0.1) is 6.04 Å². The lowest BCUT2D eigenvalue weighted by Gasteiger charge is -2.20. The van der Waals surface area contributed by atoms with E-state index in [1.165, 1.54) is 34.4 Å². The number of nitrogens with one attached hydrogen (secondary N) is 2. The van der Waals surface area contributed by atoms with Gasteiger partial charge in [0.1, 0.15) is 11.9 Å². The Balaban J connectivity index is 0.00000240. The van der Waals surface area contributed by atoms with E-state index in [1.807, 2.05) is 0 Å². The summed E-state index contributed by atoms with van der Waals surface area (Å²) in [5, 5.41) is 6.89. The largest absolute Gasteiger partial charge is 0.352 e. The molecule has 4 rings (SSSR count). The third-order valence-corrected chi connectivity index (χ3v) is 5.10. The second kappa shape index (κ2) is 9.10. The van der Waals surface area contributed by atoms with E-state index in [1.54, 1.807) is 12.1 Å². The molecular formula is C24H25ClFN3. The Morgan fingerprint density at radius 2 is 1.38 bits per heavy atom. The van der Waals surface area contributed by atoms with Crippen LogP contribution in [0.1, 0.15) is 39.9 Å². The van der Waals surface area contributed by atoms with E-state index in [9.17, 15) is 4.39 Å². The smallest absolute Gasteiger partial charge is 0.192 e. The maximum atomic E-state index is 13.1. The van der Waals surface area contributed by atoms with Gasteiger partial charge in [-0.05, 0) is 42.7 Å². The topological polar surface area (TPSA) is 36.4 Å². The van der Waals surface area contributed by atoms with Crippen molar-refractivity contribution in [2.24, 2.45) is 4.99 Å². The predicted molar refractivity (Wildman–Crippen MR) is 119 cm³/mol. The molecule has 0 radical (unpaired) electrons. The summed E-state index contributed by atoms with van der Waals surface area (Å²) in [6.45, 7) is 4.77. The van der Waals surface area contributed by atoms with Crippen LogP contribution in [0.4, 0.5) is 4.39 Å². The van der Waals surface area contributed by atoms with E-state index >= 15 is 0 Å². The first-order chi connectivity index (χ1) is 13.6. The zero-order valence-electron chi connectivity index (χ0n) is 16.5. The molecule has 0 saturated heterocycles. The van der Waals surface area contributed by atoms with E-state index in [0.717, 1.165) is 11.5 Å². The van der Waals surface area contributed by atoms with Crippen molar-refractivity contribution in [3.8, 4) is 0 Å². The summed E-state index contributed by atoms with van der Waals surface area (Å²) in [6.07, 6.45) is 0. The molecule has 2 N–H and O–H groups in total. The zero-order chi connectivity index (χ0) is 19.5. The fourth-order valence-corrected chi connectivity index (χ4v) is 3.43. The third kappa shape index (κ3) is 4.96. The number of nitrogens with zero attached hydrogens (tertiary/aromatic N) is 1. The number of benzene rings is 3. The van der Waals surface area contributed by atoms with Crippen molar-refractivity contribution in [1.82, 2.24) is 10.6 Å². The lowest BCUT2D eigenvalue weighted by Crippen LogP contribution is -2.35. The van der Waals surface area contributed by atoms with Crippen LogP contribution in [0, 0.1) is 19.7 Å². The Hall–Kier alpha value is -2.85. The van der Waals surface area contributed by atoms with Gasteiger partial charge in [0, 0.05) is 6.54 Å². The maximum absolute atomic E-state index is 13.1. The molecule has 0 aliphatic carbocycles. The van der Waals surface area contributed by atoms with Gasteiger partial charge in [-0.25, -0.2) is 9.38 Å². The van der Waals surface area contributed by atoms with Crippen LogP contribution in [0.3, 0.4) is 0 Å². The van der Waals surface area contributed by atoms with Crippen molar-refractivity contribution < 1.29 is 4.39 Å². The van der Waals surface area contributed by atoms with E-state index in [0.29, 0.717) is 6.54 Å².